The van der Waals surface area contributed by atoms with Gasteiger partial charge in [0.05, 0.1) is 11.9 Å². The number of hydrogen-bond acceptors (Lipinski definition) is 2. The largest absolute Gasteiger partial charge is 0.489 e. The molecular weight excluding hydrogens is 433 g/mol. The minimum Gasteiger partial charge on any atom is -0.489 e. The second-order valence-electron chi connectivity index (χ2n) is 10.1. The summed E-state index contributed by atoms with van der Waals surface area (Å²) in [6.07, 6.45) is 21.9. The van der Waals surface area contributed by atoms with Gasteiger partial charge in [0.15, 0.2) is 0 Å². The van der Waals surface area contributed by atoms with Crippen LogP contribution in [0.4, 0.5) is 4.39 Å². The molecule has 1 aromatic carbocycles. The van der Waals surface area contributed by atoms with Gasteiger partial charge in [-0.25, -0.2) is 4.39 Å². The van der Waals surface area contributed by atoms with E-state index in [0.717, 1.165) is 30.5 Å². The zero-order chi connectivity index (χ0) is 25.0. The van der Waals surface area contributed by atoms with Crippen LogP contribution in [-0.2, 0) is 6.42 Å². The van der Waals surface area contributed by atoms with E-state index in [1.807, 2.05) is 12.1 Å². The van der Waals surface area contributed by atoms with Crippen molar-refractivity contribution in [2.24, 2.45) is 0 Å². The van der Waals surface area contributed by atoms with Crippen molar-refractivity contribution < 1.29 is 9.13 Å². The molecule has 0 bridgehead atoms. The summed E-state index contributed by atoms with van der Waals surface area (Å²) in [6.45, 7) is 4.60. The van der Waals surface area contributed by atoms with Crippen molar-refractivity contribution in [1.82, 2.24) is 4.98 Å². The molecule has 0 radical (unpaired) electrons. The highest BCUT2D eigenvalue weighted by Crippen LogP contribution is 2.21. The van der Waals surface area contributed by atoms with Gasteiger partial charge < -0.3 is 4.74 Å². The van der Waals surface area contributed by atoms with Crippen LogP contribution in [0.25, 0.3) is 11.3 Å². The first-order valence-corrected chi connectivity index (χ1v) is 14.5. The molecule has 2 rings (SSSR count). The summed E-state index contributed by atoms with van der Waals surface area (Å²) in [6, 6.07) is 12.6. The lowest BCUT2D eigenvalue weighted by molar-refractivity contribution is 0.183. The first kappa shape index (κ1) is 29.3. The molecule has 3 heteroatoms. The van der Waals surface area contributed by atoms with Crippen LogP contribution in [0, 0.1) is 0 Å². The Kier molecular flexibility index (Phi) is 16.2. The average molecular weight is 484 g/mol. The number of unbranched alkanes of at least 4 members (excludes halogenated alkanes) is 13. The Balaban J connectivity index is 1.61. The van der Waals surface area contributed by atoms with Crippen LogP contribution >= 0.6 is 0 Å². The monoisotopic (exact) mass is 483 g/mol. The quantitative estimate of drug-likeness (QED) is 0.165. The normalized spacial score (nSPS) is 12.1. The molecule has 0 saturated carbocycles. The third kappa shape index (κ3) is 13.7. The fourth-order valence-electron chi connectivity index (χ4n) is 4.53. The van der Waals surface area contributed by atoms with Gasteiger partial charge in [0.25, 0.3) is 0 Å². The summed E-state index contributed by atoms with van der Waals surface area (Å²) < 4.78 is 19.7. The van der Waals surface area contributed by atoms with Gasteiger partial charge in [-0.3, -0.25) is 4.98 Å². The zero-order valence-corrected chi connectivity index (χ0v) is 22.6. The Labute approximate surface area is 215 Å². The van der Waals surface area contributed by atoms with Crippen LogP contribution in [0.2, 0.25) is 0 Å². The lowest BCUT2D eigenvalue weighted by Crippen LogP contribution is -2.12. The number of nitrogens with zero attached hydrogens (tertiary/aromatic N) is 1. The summed E-state index contributed by atoms with van der Waals surface area (Å²) in [5.74, 6) is 0.640. The molecule has 0 fully saturated rings. The first-order valence-electron chi connectivity index (χ1n) is 14.5. The van der Waals surface area contributed by atoms with E-state index in [4.69, 9.17) is 4.74 Å². The van der Waals surface area contributed by atoms with E-state index >= 15 is 0 Å². The van der Waals surface area contributed by atoms with E-state index in [0.29, 0.717) is 12.2 Å². The van der Waals surface area contributed by atoms with Gasteiger partial charge >= 0.3 is 0 Å². The highest BCUT2D eigenvalue weighted by Gasteiger charge is 2.08. The van der Waals surface area contributed by atoms with Gasteiger partial charge in [-0.1, -0.05) is 128 Å². The Hall–Kier alpha value is -1.90. The molecule has 0 amide bonds. The lowest BCUT2D eigenvalue weighted by Gasteiger charge is -2.11. The van der Waals surface area contributed by atoms with Crippen molar-refractivity contribution in [2.75, 3.05) is 6.61 Å². The van der Waals surface area contributed by atoms with Crippen LogP contribution in [0.15, 0.2) is 42.6 Å². The second kappa shape index (κ2) is 19.3. The predicted molar refractivity (Wildman–Crippen MR) is 149 cm³/mol. The van der Waals surface area contributed by atoms with Gasteiger partial charge in [0.1, 0.15) is 18.5 Å². The van der Waals surface area contributed by atoms with E-state index in [-0.39, 0.29) is 6.61 Å². The van der Waals surface area contributed by atoms with Crippen molar-refractivity contribution in [2.45, 2.75) is 129 Å². The molecule has 1 atom stereocenters. The molecule has 1 heterocycles. The zero-order valence-electron chi connectivity index (χ0n) is 22.6. The molecule has 0 spiro atoms. The summed E-state index contributed by atoms with van der Waals surface area (Å²) in [4.78, 5) is 4.54. The molecule has 2 nitrogen and oxygen atoms in total. The van der Waals surface area contributed by atoms with Gasteiger partial charge in [0.2, 0.25) is 0 Å². The minimum absolute atomic E-state index is 0.115. The number of pyridine rings is 1. The molecular formula is C32H50FNO. The van der Waals surface area contributed by atoms with E-state index in [9.17, 15) is 4.39 Å². The van der Waals surface area contributed by atoms with Gasteiger partial charge in [0, 0.05) is 5.56 Å². The summed E-state index contributed by atoms with van der Waals surface area (Å²) >= 11 is 0. The Morgan fingerprint density at radius 3 is 1.83 bits per heavy atom. The van der Waals surface area contributed by atoms with Crippen molar-refractivity contribution in [3.63, 3.8) is 0 Å². The number of rotatable bonds is 21. The number of ether oxygens (including phenoxy) is 1. The van der Waals surface area contributed by atoms with Crippen LogP contribution in [0.1, 0.15) is 122 Å². The highest BCUT2D eigenvalue weighted by molar-refractivity contribution is 5.59. The molecule has 0 aliphatic carbocycles. The fraction of sp³-hybridized carbons (Fsp3) is 0.656. The molecule has 2 aromatic rings. The summed E-state index contributed by atoms with van der Waals surface area (Å²) in [7, 11) is 0. The maximum Gasteiger partial charge on any atom is 0.137 e. The number of benzene rings is 1. The van der Waals surface area contributed by atoms with E-state index < -0.39 is 6.17 Å². The molecule has 0 N–H and O–H groups in total. The van der Waals surface area contributed by atoms with Gasteiger partial charge in [-0.05, 0) is 37.0 Å². The molecule has 0 aliphatic heterocycles. The topological polar surface area (TPSA) is 22.1 Å². The highest BCUT2D eigenvalue weighted by atomic mass is 19.1. The van der Waals surface area contributed by atoms with E-state index in [2.05, 4.69) is 43.1 Å². The average Bonchev–Trinajstić information content (AvgIpc) is 2.89. The maximum absolute atomic E-state index is 14.1. The Morgan fingerprint density at radius 1 is 0.686 bits per heavy atom. The summed E-state index contributed by atoms with van der Waals surface area (Å²) in [5.41, 5.74) is 3.44. The maximum atomic E-state index is 14.1. The van der Waals surface area contributed by atoms with Gasteiger partial charge in [-0.2, -0.15) is 0 Å². The molecule has 1 unspecified atom stereocenters. The smallest absolute Gasteiger partial charge is 0.137 e. The number of aryl methyl sites for hydroxylation is 1. The third-order valence-electron chi connectivity index (χ3n) is 6.86. The molecule has 35 heavy (non-hydrogen) atoms. The number of hydrogen-bond donors (Lipinski definition) is 0. The second-order valence-corrected chi connectivity index (χ2v) is 10.1. The fourth-order valence-corrected chi connectivity index (χ4v) is 4.53. The van der Waals surface area contributed by atoms with Crippen molar-refractivity contribution in [1.29, 1.82) is 0 Å². The molecule has 196 valence electrons. The summed E-state index contributed by atoms with van der Waals surface area (Å²) in [5, 5.41) is 0. The van der Waals surface area contributed by atoms with Gasteiger partial charge in [-0.15, -0.1) is 0 Å². The number of alkyl halides is 1. The predicted octanol–water partition coefficient (Wildman–Crippen LogP) is 10.3. The number of aromatic nitrogens is 1. The first-order chi connectivity index (χ1) is 17.2. The van der Waals surface area contributed by atoms with Crippen LogP contribution in [0.5, 0.6) is 5.75 Å². The third-order valence-corrected chi connectivity index (χ3v) is 6.86. The van der Waals surface area contributed by atoms with Crippen molar-refractivity contribution >= 4 is 0 Å². The Morgan fingerprint density at radius 2 is 1.26 bits per heavy atom. The number of halogens is 1. The van der Waals surface area contributed by atoms with E-state index in [1.165, 1.54) is 89.0 Å². The standard InChI is InChI=1S/C32H50FNO/c1-3-5-7-9-11-12-13-14-16-18-28-20-22-29(23-21-28)32-25-24-31(26-34-32)35-27-30(33)19-17-15-10-8-6-4-2/h20-26,30H,3-19,27H2,1-2H3. The van der Waals surface area contributed by atoms with Crippen molar-refractivity contribution in [3.05, 3.63) is 48.2 Å². The van der Waals surface area contributed by atoms with Crippen LogP contribution in [-0.4, -0.2) is 17.8 Å². The molecule has 1 aromatic heterocycles. The van der Waals surface area contributed by atoms with Crippen LogP contribution in [0.3, 0.4) is 0 Å². The Bertz CT molecular complexity index is 743. The van der Waals surface area contributed by atoms with E-state index in [1.54, 1.807) is 6.20 Å². The molecule has 0 saturated heterocycles. The molecule has 0 aliphatic rings. The SMILES string of the molecule is CCCCCCCCCCCc1ccc(-c2ccc(OCC(F)CCCCCCCC)cn2)cc1. The minimum atomic E-state index is -0.904. The van der Waals surface area contributed by atoms with Crippen LogP contribution < -0.4 is 4.74 Å². The lowest BCUT2D eigenvalue weighted by atomic mass is 10.0. The van der Waals surface area contributed by atoms with Crippen molar-refractivity contribution in [3.8, 4) is 17.0 Å².